The summed E-state index contributed by atoms with van der Waals surface area (Å²) >= 11 is 0. The fourth-order valence-corrected chi connectivity index (χ4v) is 4.80. The van der Waals surface area contributed by atoms with Crippen LogP contribution in [0.1, 0.15) is 38.7 Å². The summed E-state index contributed by atoms with van der Waals surface area (Å²) in [7, 11) is 3.54. The van der Waals surface area contributed by atoms with Crippen molar-refractivity contribution in [3.8, 4) is 0 Å². The third-order valence-corrected chi connectivity index (χ3v) is 7.21. The van der Waals surface area contributed by atoms with Crippen molar-refractivity contribution in [2.24, 2.45) is 23.0 Å². The van der Waals surface area contributed by atoms with Crippen LogP contribution in [0.15, 0.2) is 57.8 Å². The lowest BCUT2D eigenvalue weighted by atomic mass is 9.98. The minimum atomic E-state index is -0.615. The van der Waals surface area contributed by atoms with E-state index in [4.69, 9.17) is 4.74 Å². The van der Waals surface area contributed by atoms with Crippen LogP contribution in [0, 0.1) is 11.7 Å². The van der Waals surface area contributed by atoms with Gasteiger partial charge in [0.25, 0.3) is 5.91 Å². The molecule has 10 nitrogen and oxygen atoms in total. The minimum absolute atomic E-state index is 0.0418. The van der Waals surface area contributed by atoms with Gasteiger partial charge in [0.05, 0.1) is 35.7 Å². The van der Waals surface area contributed by atoms with Gasteiger partial charge < -0.3 is 15.4 Å². The van der Waals surface area contributed by atoms with Crippen LogP contribution in [0.5, 0.6) is 0 Å². The maximum atomic E-state index is 14.7. The number of aromatic nitrogens is 2. The van der Waals surface area contributed by atoms with Crippen molar-refractivity contribution >= 4 is 41.3 Å². The zero-order valence-corrected chi connectivity index (χ0v) is 24.1. The number of halogens is 1. The van der Waals surface area contributed by atoms with Gasteiger partial charge in [-0.25, -0.2) is 4.39 Å². The third kappa shape index (κ3) is 8.27. The van der Waals surface area contributed by atoms with Gasteiger partial charge in [-0.15, -0.1) is 0 Å². The number of carbonyl (C=O) groups is 2. The number of aryl methyl sites for hydroxylation is 1. The molecule has 41 heavy (non-hydrogen) atoms. The monoisotopic (exact) mass is 563 g/mol. The fraction of sp³-hybridized carbons (Fsp3) is 0.433. The van der Waals surface area contributed by atoms with Crippen molar-refractivity contribution in [3.05, 3.63) is 59.2 Å². The molecular formula is C30H38FN7O3. The normalized spacial score (nSPS) is 22.3. The van der Waals surface area contributed by atoms with Crippen LogP contribution in [0.25, 0.3) is 5.70 Å². The third-order valence-electron chi connectivity index (χ3n) is 7.21. The summed E-state index contributed by atoms with van der Waals surface area (Å²) in [6, 6.07) is 3.91. The highest BCUT2D eigenvalue weighted by Gasteiger charge is 2.21. The molecule has 1 unspecified atom stereocenters. The number of anilines is 2. The molecular weight excluding hydrogens is 525 g/mol. The lowest BCUT2D eigenvalue weighted by Crippen LogP contribution is -2.40. The van der Waals surface area contributed by atoms with Crippen molar-refractivity contribution in [2.75, 3.05) is 44.0 Å². The second-order valence-electron chi connectivity index (χ2n) is 10.4. The van der Waals surface area contributed by atoms with Crippen molar-refractivity contribution < 1.29 is 18.7 Å². The molecule has 1 aromatic carbocycles. The number of allylic oxidation sites excluding steroid dienone is 1. The van der Waals surface area contributed by atoms with E-state index in [2.05, 4.69) is 30.6 Å². The fourth-order valence-electron chi connectivity index (χ4n) is 4.80. The molecule has 3 heterocycles. The molecule has 0 aliphatic carbocycles. The Morgan fingerprint density at radius 3 is 2.63 bits per heavy atom. The van der Waals surface area contributed by atoms with Crippen LogP contribution in [-0.2, 0) is 21.4 Å². The smallest absolute Gasteiger partial charge is 0.257 e. The Morgan fingerprint density at radius 1 is 1.17 bits per heavy atom. The quantitative estimate of drug-likeness (QED) is 0.477. The van der Waals surface area contributed by atoms with Gasteiger partial charge in [0.1, 0.15) is 5.82 Å². The van der Waals surface area contributed by atoms with Crippen LogP contribution in [0.4, 0.5) is 15.8 Å². The highest BCUT2D eigenvalue weighted by Crippen LogP contribution is 2.23. The SMILES string of the molecule is CCC1\C=C(c2cnn(C)c2)/N=C\C(C)=C(/C(=O)Nc2cc(NC(=O)CN3CCC(COC)CC3)ccc2F)C=N1. The number of hydrogen-bond acceptors (Lipinski definition) is 7. The molecule has 1 aromatic heterocycles. The van der Waals surface area contributed by atoms with Gasteiger partial charge in [0.2, 0.25) is 5.91 Å². The summed E-state index contributed by atoms with van der Waals surface area (Å²) in [5.41, 5.74) is 2.73. The van der Waals surface area contributed by atoms with E-state index in [0.29, 0.717) is 29.3 Å². The molecule has 2 aliphatic rings. The predicted molar refractivity (Wildman–Crippen MR) is 160 cm³/mol. The Labute approximate surface area is 240 Å². The molecule has 2 N–H and O–H groups in total. The molecule has 4 rings (SSSR count). The highest BCUT2D eigenvalue weighted by molar-refractivity contribution is 6.21. The van der Waals surface area contributed by atoms with Crippen molar-refractivity contribution in [2.45, 2.75) is 39.2 Å². The van der Waals surface area contributed by atoms with E-state index < -0.39 is 11.7 Å². The number of nitrogens with one attached hydrogen (secondary N) is 2. The minimum Gasteiger partial charge on any atom is -0.384 e. The Bertz CT molecular complexity index is 1370. The summed E-state index contributed by atoms with van der Waals surface area (Å²) in [5, 5.41) is 9.68. The van der Waals surface area contributed by atoms with Gasteiger partial charge in [0.15, 0.2) is 0 Å². The molecule has 1 fully saturated rings. The van der Waals surface area contributed by atoms with E-state index in [1.807, 2.05) is 26.2 Å². The van der Waals surface area contributed by atoms with Crippen LogP contribution >= 0.6 is 0 Å². The van der Waals surface area contributed by atoms with Crippen molar-refractivity contribution in [1.29, 1.82) is 0 Å². The number of aliphatic imine (C=N–C) groups is 2. The van der Waals surface area contributed by atoms with E-state index in [-0.39, 0.29) is 29.8 Å². The lowest BCUT2D eigenvalue weighted by molar-refractivity contribution is -0.117. The molecule has 11 heteroatoms. The van der Waals surface area contributed by atoms with Crippen LogP contribution in [0.3, 0.4) is 0 Å². The van der Waals surface area contributed by atoms with Crippen LogP contribution in [0.2, 0.25) is 0 Å². The van der Waals surface area contributed by atoms with E-state index in [0.717, 1.165) is 38.1 Å². The average Bonchev–Trinajstić information content (AvgIpc) is 3.41. The highest BCUT2D eigenvalue weighted by atomic mass is 19.1. The molecule has 1 atom stereocenters. The largest absolute Gasteiger partial charge is 0.384 e. The zero-order chi connectivity index (χ0) is 29.4. The van der Waals surface area contributed by atoms with E-state index in [1.54, 1.807) is 31.1 Å². The summed E-state index contributed by atoms with van der Waals surface area (Å²) in [5.74, 6) is -0.818. The molecule has 0 saturated carbocycles. The first kappa shape index (κ1) is 30.0. The maximum absolute atomic E-state index is 14.7. The predicted octanol–water partition coefficient (Wildman–Crippen LogP) is 4.09. The standard InChI is InChI=1S/C30H38FN7O3/c1-5-23-12-27(22-15-34-37(3)17-22)33-14-20(2)25(16-32-23)30(40)36-28-13-24(6-7-26(28)31)35-29(39)18-38-10-8-21(9-11-38)19-41-4/h6-7,12-17,21,23H,5,8-11,18-19H2,1-4H3,(H,35,39)(H,36,40)/b25-20-,27-12-,32-16?,33-14-. The first-order valence-electron chi connectivity index (χ1n) is 13.9. The Balaban J connectivity index is 1.44. The molecule has 1 saturated heterocycles. The number of methoxy groups -OCH3 is 1. The van der Waals surface area contributed by atoms with Gasteiger partial charge in [-0.2, -0.15) is 5.10 Å². The molecule has 0 radical (unpaired) electrons. The van der Waals surface area contributed by atoms with E-state index in [9.17, 15) is 14.0 Å². The van der Waals surface area contributed by atoms with E-state index >= 15 is 0 Å². The van der Waals surface area contributed by atoms with Gasteiger partial charge in [0, 0.05) is 50.6 Å². The number of rotatable bonds is 9. The number of benzene rings is 1. The first-order valence-corrected chi connectivity index (χ1v) is 13.9. The topological polar surface area (TPSA) is 113 Å². The van der Waals surface area contributed by atoms with E-state index in [1.165, 1.54) is 24.4 Å². The summed E-state index contributed by atoms with van der Waals surface area (Å²) < 4.78 is 21.7. The first-order chi connectivity index (χ1) is 19.7. The number of nitrogens with zero attached hydrogens (tertiary/aromatic N) is 5. The van der Waals surface area contributed by atoms with Gasteiger partial charge >= 0.3 is 0 Å². The molecule has 218 valence electrons. The second-order valence-corrected chi connectivity index (χ2v) is 10.4. The number of carbonyl (C=O) groups excluding carboxylic acids is 2. The van der Waals surface area contributed by atoms with Gasteiger partial charge in [-0.3, -0.25) is 29.2 Å². The molecule has 2 amide bonds. The van der Waals surface area contributed by atoms with Crippen molar-refractivity contribution in [3.63, 3.8) is 0 Å². The molecule has 2 aliphatic heterocycles. The second kappa shape index (κ2) is 14.1. The maximum Gasteiger partial charge on any atom is 0.257 e. The average molecular weight is 564 g/mol. The number of likely N-dealkylation sites (tertiary alicyclic amines) is 1. The molecule has 2 aromatic rings. The molecule has 0 spiro atoms. The summed E-state index contributed by atoms with van der Waals surface area (Å²) in [6.45, 7) is 6.38. The lowest BCUT2D eigenvalue weighted by Gasteiger charge is -2.31. The summed E-state index contributed by atoms with van der Waals surface area (Å²) in [4.78, 5) is 37.3. The molecule has 0 bridgehead atoms. The summed E-state index contributed by atoms with van der Waals surface area (Å²) in [6.07, 6.45) is 11.3. The number of ether oxygens (including phenoxy) is 1. The number of piperidine rings is 1. The van der Waals surface area contributed by atoms with Gasteiger partial charge in [-0.1, -0.05) is 6.92 Å². The Morgan fingerprint density at radius 2 is 1.95 bits per heavy atom. The van der Waals surface area contributed by atoms with Crippen LogP contribution in [-0.4, -0.2) is 78.3 Å². The number of hydrogen-bond donors (Lipinski definition) is 2. The Hall–Kier alpha value is -3.96. The number of amides is 2. The Kier molecular flexibility index (Phi) is 10.3. The zero-order valence-electron chi connectivity index (χ0n) is 24.1. The van der Waals surface area contributed by atoms with Crippen LogP contribution < -0.4 is 10.6 Å². The van der Waals surface area contributed by atoms with Crippen molar-refractivity contribution in [1.82, 2.24) is 14.7 Å². The van der Waals surface area contributed by atoms with Gasteiger partial charge in [-0.05, 0) is 75.0 Å².